The quantitative estimate of drug-likeness (QED) is 0.934. The number of nitrogens with two attached hydrogens (primary N) is 1. The summed E-state index contributed by atoms with van der Waals surface area (Å²) in [6.45, 7) is 4.67. The number of ether oxygens (including phenoxy) is 1. The fourth-order valence-electron chi connectivity index (χ4n) is 2.46. The smallest absolute Gasteiger partial charge is 0.140 e. The molecule has 1 aliphatic carbocycles. The molecule has 0 spiro atoms. The molecule has 0 fully saturated rings. The van der Waals surface area contributed by atoms with Crippen molar-refractivity contribution in [2.24, 2.45) is 5.73 Å². The number of nitrogens with zero attached hydrogens (tertiary/aromatic N) is 1. The summed E-state index contributed by atoms with van der Waals surface area (Å²) in [5, 5.41) is 1.03. The lowest BCUT2D eigenvalue weighted by molar-refractivity contribution is 0.305. The molecule has 4 heteroatoms. The highest BCUT2D eigenvalue weighted by atomic mass is 32.1. The average molecular weight is 274 g/mol. The van der Waals surface area contributed by atoms with Gasteiger partial charge < -0.3 is 10.5 Å². The molecule has 1 aromatic carbocycles. The Morgan fingerprint density at radius 2 is 2.26 bits per heavy atom. The minimum Gasteiger partial charge on any atom is -0.486 e. The second-order valence-corrected chi connectivity index (χ2v) is 6.33. The molecular formula is C15H18N2OS. The molecule has 1 atom stereocenters. The lowest BCUT2D eigenvalue weighted by Gasteiger charge is -2.08. The van der Waals surface area contributed by atoms with E-state index in [2.05, 4.69) is 24.0 Å². The highest BCUT2D eigenvalue weighted by Gasteiger charge is 2.19. The van der Waals surface area contributed by atoms with Gasteiger partial charge in [-0.05, 0) is 49.9 Å². The zero-order valence-electron chi connectivity index (χ0n) is 11.3. The van der Waals surface area contributed by atoms with Crippen molar-refractivity contribution < 1.29 is 4.74 Å². The summed E-state index contributed by atoms with van der Waals surface area (Å²) in [7, 11) is 0. The van der Waals surface area contributed by atoms with Crippen LogP contribution in [0.5, 0.6) is 5.75 Å². The lowest BCUT2D eigenvalue weighted by atomic mass is 10.1. The van der Waals surface area contributed by atoms with Crippen molar-refractivity contribution in [1.82, 2.24) is 4.98 Å². The second kappa shape index (κ2) is 4.94. The SMILES string of the molecule is Cc1nc(COc2ccc3c(c2)CCC3N)sc1C. The maximum absolute atomic E-state index is 6.03. The Kier molecular flexibility index (Phi) is 3.29. The summed E-state index contributed by atoms with van der Waals surface area (Å²) in [4.78, 5) is 5.75. The van der Waals surface area contributed by atoms with E-state index in [9.17, 15) is 0 Å². The van der Waals surface area contributed by atoms with Crippen molar-refractivity contribution in [2.75, 3.05) is 0 Å². The Morgan fingerprint density at radius 3 is 3.00 bits per heavy atom. The van der Waals surface area contributed by atoms with E-state index in [4.69, 9.17) is 10.5 Å². The minimum absolute atomic E-state index is 0.202. The van der Waals surface area contributed by atoms with Gasteiger partial charge in [-0.1, -0.05) is 6.07 Å². The molecule has 0 saturated heterocycles. The van der Waals surface area contributed by atoms with Crippen molar-refractivity contribution in [3.63, 3.8) is 0 Å². The van der Waals surface area contributed by atoms with Gasteiger partial charge in [0.1, 0.15) is 17.4 Å². The average Bonchev–Trinajstić information content (AvgIpc) is 2.91. The summed E-state index contributed by atoms with van der Waals surface area (Å²) in [6, 6.07) is 6.43. The van der Waals surface area contributed by atoms with Crippen molar-refractivity contribution in [3.05, 3.63) is 44.9 Å². The van der Waals surface area contributed by atoms with Gasteiger partial charge in [-0.3, -0.25) is 0 Å². The molecular weight excluding hydrogens is 256 g/mol. The summed E-state index contributed by atoms with van der Waals surface area (Å²) in [5.74, 6) is 0.915. The molecule has 1 heterocycles. The molecule has 2 aromatic rings. The molecule has 2 N–H and O–H groups in total. The number of thiazole rings is 1. The van der Waals surface area contributed by atoms with Gasteiger partial charge in [-0.15, -0.1) is 11.3 Å². The maximum atomic E-state index is 6.03. The molecule has 0 bridgehead atoms. The highest BCUT2D eigenvalue weighted by Crippen LogP contribution is 2.32. The lowest BCUT2D eigenvalue weighted by Crippen LogP contribution is -2.05. The van der Waals surface area contributed by atoms with Crippen LogP contribution in [0, 0.1) is 13.8 Å². The molecule has 3 nitrogen and oxygen atoms in total. The van der Waals surface area contributed by atoms with Crippen molar-refractivity contribution in [1.29, 1.82) is 0 Å². The third-order valence-electron chi connectivity index (χ3n) is 3.67. The van der Waals surface area contributed by atoms with E-state index in [0.717, 1.165) is 29.3 Å². The van der Waals surface area contributed by atoms with Crippen LogP contribution in [0.15, 0.2) is 18.2 Å². The third-order valence-corrected chi connectivity index (χ3v) is 4.72. The van der Waals surface area contributed by atoms with Crippen LogP contribution in [-0.2, 0) is 13.0 Å². The van der Waals surface area contributed by atoms with Crippen LogP contribution in [0.25, 0.3) is 0 Å². The van der Waals surface area contributed by atoms with Gasteiger partial charge in [-0.25, -0.2) is 4.98 Å². The largest absolute Gasteiger partial charge is 0.486 e. The van der Waals surface area contributed by atoms with E-state index >= 15 is 0 Å². The third kappa shape index (κ3) is 2.51. The van der Waals surface area contributed by atoms with Crippen LogP contribution in [0.1, 0.15) is 39.2 Å². The maximum Gasteiger partial charge on any atom is 0.140 e. The first kappa shape index (κ1) is 12.6. The Bertz CT molecular complexity index is 587. The highest BCUT2D eigenvalue weighted by molar-refractivity contribution is 7.11. The van der Waals surface area contributed by atoms with Gasteiger partial charge in [0.25, 0.3) is 0 Å². The normalized spacial score (nSPS) is 17.5. The van der Waals surface area contributed by atoms with Crippen molar-refractivity contribution >= 4 is 11.3 Å². The molecule has 19 heavy (non-hydrogen) atoms. The number of fused-ring (bicyclic) bond motifs is 1. The van der Waals surface area contributed by atoms with E-state index in [-0.39, 0.29) is 6.04 Å². The molecule has 0 amide bonds. The van der Waals surface area contributed by atoms with Crippen LogP contribution in [0.3, 0.4) is 0 Å². The van der Waals surface area contributed by atoms with Gasteiger partial charge in [0.05, 0.1) is 5.69 Å². The minimum atomic E-state index is 0.202. The predicted molar refractivity (Wildman–Crippen MR) is 77.6 cm³/mol. The first-order chi connectivity index (χ1) is 9.13. The summed E-state index contributed by atoms with van der Waals surface area (Å²) in [5.41, 5.74) is 9.73. The molecule has 0 aliphatic heterocycles. The number of benzene rings is 1. The number of hydrogen-bond donors (Lipinski definition) is 1. The first-order valence-corrected chi connectivity index (χ1v) is 7.39. The number of hydrogen-bond acceptors (Lipinski definition) is 4. The fraction of sp³-hybridized carbons (Fsp3) is 0.400. The predicted octanol–water partition coefficient (Wildman–Crippen LogP) is 3.28. The van der Waals surface area contributed by atoms with Crippen LogP contribution >= 0.6 is 11.3 Å². The van der Waals surface area contributed by atoms with Crippen molar-refractivity contribution in [2.45, 2.75) is 39.3 Å². The van der Waals surface area contributed by atoms with Gasteiger partial charge in [-0.2, -0.15) is 0 Å². The van der Waals surface area contributed by atoms with Crippen molar-refractivity contribution in [3.8, 4) is 5.75 Å². The summed E-state index contributed by atoms with van der Waals surface area (Å²) in [6.07, 6.45) is 2.10. The van der Waals surface area contributed by atoms with Crippen LogP contribution in [-0.4, -0.2) is 4.98 Å². The topological polar surface area (TPSA) is 48.1 Å². The van der Waals surface area contributed by atoms with Crippen LogP contribution < -0.4 is 10.5 Å². The second-order valence-electron chi connectivity index (χ2n) is 5.04. The Labute approximate surface area is 117 Å². The number of rotatable bonds is 3. The zero-order chi connectivity index (χ0) is 13.4. The van der Waals surface area contributed by atoms with E-state index in [0.29, 0.717) is 6.61 Å². The molecule has 0 saturated carbocycles. The van der Waals surface area contributed by atoms with E-state index in [1.54, 1.807) is 11.3 Å². The standard InChI is InChI=1S/C15H18N2OS/c1-9-10(2)19-15(17-9)8-18-12-4-5-13-11(7-12)3-6-14(13)16/h4-5,7,14H,3,6,8,16H2,1-2H3. The van der Waals surface area contributed by atoms with E-state index in [1.165, 1.54) is 16.0 Å². The summed E-state index contributed by atoms with van der Waals surface area (Å²) >= 11 is 1.70. The van der Waals surface area contributed by atoms with E-state index in [1.807, 2.05) is 13.0 Å². The molecule has 0 radical (unpaired) electrons. The number of aryl methyl sites for hydroxylation is 3. The van der Waals surface area contributed by atoms with Gasteiger partial charge in [0.2, 0.25) is 0 Å². The van der Waals surface area contributed by atoms with Gasteiger partial charge in [0, 0.05) is 10.9 Å². The molecule has 1 aromatic heterocycles. The Morgan fingerprint density at radius 1 is 1.42 bits per heavy atom. The van der Waals surface area contributed by atoms with Crippen LogP contribution in [0.2, 0.25) is 0 Å². The number of aromatic nitrogens is 1. The Hall–Kier alpha value is -1.39. The van der Waals surface area contributed by atoms with Gasteiger partial charge >= 0.3 is 0 Å². The summed E-state index contributed by atoms with van der Waals surface area (Å²) < 4.78 is 5.83. The molecule has 3 rings (SSSR count). The molecule has 1 unspecified atom stereocenters. The Balaban J connectivity index is 1.71. The molecule has 100 valence electrons. The van der Waals surface area contributed by atoms with E-state index < -0.39 is 0 Å². The monoisotopic (exact) mass is 274 g/mol. The zero-order valence-corrected chi connectivity index (χ0v) is 12.1. The van der Waals surface area contributed by atoms with Crippen LogP contribution in [0.4, 0.5) is 0 Å². The molecule has 1 aliphatic rings. The first-order valence-electron chi connectivity index (χ1n) is 6.57. The van der Waals surface area contributed by atoms with Gasteiger partial charge in [0.15, 0.2) is 0 Å². The fourth-order valence-corrected chi connectivity index (χ4v) is 3.31.